The lowest BCUT2D eigenvalue weighted by molar-refractivity contribution is -0.128. The van der Waals surface area contributed by atoms with E-state index in [1.807, 2.05) is 41.3 Å². The van der Waals surface area contributed by atoms with E-state index in [2.05, 4.69) is 5.32 Å². The average Bonchev–Trinajstić information content (AvgIpc) is 3.05. The van der Waals surface area contributed by atoms with Crippen LogP contribution in [0.1, 0.15) is 39.9 Å². The normalized spacial score (nSPS) is 13.4. The first kappa shape index (κ1) is 19.9. The fraction of sp³-hybridized carbons (Fsp3) is 0.300. The molecule has 6 heteroatoms. The molecule has 0 atom stereocenters. The van der Waals surface area contributed by atoms with Crippen molar-refractivity contribution in [3.8, 4) is 0 Å². The van der Waals surface area contributed by atoms with Gasteiger partial charge in [0.2, 0.25) is 5.91 Å². The van der Waals surface area contributed by atoms with Crippen molar-refractivity contribution in [2.75, 3.05) is 6.54 Å². The molecule has 0 aromatic heterocycles. The van der Waals surface area contributed by atoms with Crippen LogP contribution in [0.3, 0.4) is 0 Å². The zero-order valence-electron chi connectivity index (χ0n) is 14.6. The van der Waals surface area contributed by atoms with Crippen LogP contribution in [0.15, 0.2) is 48.5 Å². The van der Waals surface area contributed by atoms with Gasteiger partial charge in [0.1, 0.15) is 0 Å². The number of likely N-dealkylation sites (tertiary alicyclic amines) is 1. The first-order valence-corrected chi connectivity index (χ1v) is 8.59. The molecule has 1 saturated heterocycles. The Morgan fingerprint density at radius 2 is 1.77 bits per heavy atom. The standard InChI is InChI=1S/C20H23N3O2.ClH/c21-12-15-7-9-16(10-8-15)20(25)22-13-17-4-1-2-5-18(17)14-23-11-3-6-19(23)24;/h1-2,4-5,7-10H,3,6,11-14,21H2,(H,22,25);1H. The fourth-order valence-corrected chi connectivity index (χ4v) is 3.03. The second-order valence-corrected chi connectivity index (χ2v) is 6.27. The van der Waals surface area contributed by atoms with E-state index in [0.29, 0.717) is 31.6 Å². The SMILES string of the molecule is Cl.NCc1ccc(C(=O)NCc2ccccc2CN2CCCC2=O)cc1. The van der Waals surface area contributed by atoms with Gasteiger partial charge in [-0.1, -0.05) is 36.4 Å². The van der Waals surface area contributed by atoms with Crippen LogP contribution in [-0.4, -0.2) is 23.3 Å². The Morgan fingerprint density at radius 1 is 1.08 bits per heavy atom. The second-order valence-electron chi connectivity index (χ2n) is 6.27. The topological polar surface area (TPSA) is 75.4 Å². The molecule has 0 aliphatic carbocycles. The zero-order valence-corrected chi connectivity index (χ0v) is 15.4. The minimum absolute atomic E-state index is 0. The molecule has 0 unspecified atom stereocenters. The lowest BCUT2D eigenvalue weighted by atomic mass is 10.1. The van der Waals surface area contributed by atoms with Crippen LogP contribution in [-0.2, 0) is 24.4 Å². The van der Waals surface area contributed by atoms with E-state index < -0.39 is 0 Å². The predicted octanol–water partition coefficient (Wildman–Crippen LogP) is 2.62. The quantitative estimate of drug-likeness (QED) is 0.817. The summed E-state index contributed by atoms with van der Waals surface area (Å²) in [5.74, 6) is 0.0921. The van der Waals surface area contributed by atoms with Crippen molar-refractivity contribution in [3.63, 3.8) is 0 Å². The summed E-state index contributed by atoms with van der Waals surface area (Å²) in [5, 5.41) is 2.96. The molecule has 2 aromatic rings. The van der Waals surface area contributed by atoms with Crippen LogP contribution in [0.25, 0.3) is 0 Å². The van der Waals surface area contributed by atoms with E-state index in [1.54, 1.807) is 12.1 Å². The Balaban J connectivity index is 0.00000243. The lowest BCUT2D eigenvalue weighted by Gasteiger charge is -2.18. The fourth-order valence-electron chi connectivity index (χ4n) is 3.03. The third-order valence-corrected chi connectivity index (χ3v) is 4.54. The van der Waals surface area contributed by atoms with Crippen molar-refractivity contribution in [1.82, 2.24) is 10.2 Å². The molecule has 0 radical (unpaired) electrons. The Bertz CT molecular complexity index is 762. The summed E-state index contributed by atoms with van der Waals surface area (Å²) < 4.78 is 0. The molecule has 3 rings (SSSR count). The number of nitrogens with two attached hydrogens (primary N) is 1. The van der Waals surface area contributed by atoms with Gasteiger partial charge in [0.25, 0.3) is 5.91 Å². The van der Waals surface area contributed by atoms with Gasteiger partial charge in [-0.25, -0.2) is 0 Å². The van der Waals surface area contributed by atoms with Crippen molar-refractivity contribution in [3.05, 3.63) is 70.8 Å². The number of benzene rings is 2. The molecule has 1 heterocycles. The van der Waals surface area contributed by atoms with Crippen LogP contribution in [0.4, 0.5) is 0 Å². The molecule has 1 aliphatic rings. The molecular formula is C20H24ClN3O2. The summed E-state index contributed by atoms with van der Waals surface area (Å²) >= 11 is 0. The molecule has 1 aliphatic heterocycles. The second kappa shape index (κ2) is 9.36. The molecular weight excluding hydrogens is 350 g/mol. The van der Waals surface area contributed by atoms with Gasteiger partial charge in [-0.15, -0.1) is 12.4 Å². The summed E-state index contributed by atoms with van der Waals surface area (Å²) in [5.41, 5.74) is 9.30. The molecule has 26 heavy (non-hydrogen) atoms. The number of nitrogens with one attached hydrogen (secondary N) is 1. The van der Waals surface area contributed by atoms with E-state index in [-0.39, 0.29) is 24.2 Å². The van der Waals surface area contributed by atoms with Crippen molar-refractivity contribution in [1.29, 1.82) is 0 Å². The number of hydrogen-bond donors (Lipinski definition) is 2. The number of amides is 2. The maximum atomic E-state index is 12.3. The van der Waals surface area contributed by atoms with Crippen LogP contribution in [0, 0.1) is 0 Å². The summed E-state index contributed by atoms with van der Waals surface area (Å²) in [6.45, 7) is 2.32. The zero-order chi connectivity index (χ0) is 17.6. The Labute approximate surface area is 160 Å². The van der Waals surface area contributed by atoms with Crippen LogP contribution >= 0.6 is 12.4 Å². The molecule has 5 nitrogen and oxygen atoms in total. The highest BCUT2D eigenvalue weighted by Crippen LogP contribution is 2.17. The highest BCUT2D eigenvalue weighted by Gasteiger charge is 2.20. The largest absolute Gasteiger partial charge is 0.348 e. The van der Waals surface area contributed by atoms with Gasteiger partial charge in [0.05, 0.1) is 0 Å². The molecule has 0 bridgehead atoms. The van der Waals surface area contributed by atoms with Crippen molar-refractivity contribution >= 4 is 24.2 Å². The molecule has 2 aromatic carbocycles. The van der Waals surface area contributed by atoms with Gasteiger partial charge in [-0.2, -0.15) is 0 Å². The first-order valence-electron chi connectivity index (χ1n) is 8.59. The van der Waals surface area contributed by atoms with Crippen LogP contribution in [0.5, 0.6) is 0 Å². The maximum Gasteiger partial charge on any atom is 0.251 e. The van der Waals surface area contributed by atoms with Gasteiger partial charge in [0, 0.05) is 38.2 Å². The van der Waals surface area contributed by atoms with Crippen LogP contribution < -0.4 is 11.1 Å². The van der Waals surface area contributed by atoms with Crippen molar-refractivity contribution in [2.24, 2.45) is 5.73 Å². The highest BCUT2D eigenvalue weighted by atomic mass is 35.5. The van der Waals surface area contributed by atoms with Gasteiger partial charge in [0.15, 0.2) is 0 Å². The van der Waals surface area contributed by atoms with Crippen LogP contribution in [0.2, 0.25) is 0 Å². The van der Waals surface area contributed by atoms with Crippen molar-refractivity contribution in [2.45, 2.75) is 32.5 Å². The molecule has 0 saturated carbocycles. The van der Waals surface area contributed by atoms with E-state index in [0.717, 1.165) is 29.7 Å². The minimum atomic E-state index is -0.115. The Kier molecular flexibility index (Phi) is 7.18. The number of halogens is 1. The van der Waals surface area contributed by atoms with Gasteiger partial charge >= 0.3 is 0 Å². The summed E-state index contributed by atoms with van der Waals surface area (Å²) in [4.78, 5) is 26.0. The highest BCUT2D eigenvalue weighted by molar-refractivity contribution is 5.94. The first-order chi connectivity index (χ1) is 12.2. The number of carbonyl (C=O) groups is 2. The molecule has 0 spiro atoms. The Morgan fingerprint density at radius 3 is 2.38 bits per heavy atom. The smallest absolute Gasteiger partial charge is 0.251 e. The molecule has 3 N–H and O–H groups in total. The lowest BCUT2D eigenvalue weighted by Crippen LogP contribution is -2.26. The average molecular weight is 374 g/mol. The maximum absolute atomic E-state index is 12.3. The van der Waals surface area contributed by atoms with Crippen molar-refractivity contribution < 1.29 is 9.59 Å². The van der Waals surface area contributed by atoms with E-state index in [4.69, 9.17) is 5.73 Å². The van der Waals surface area contributed by atoms with E-state index >= 15 is 0 Å². The third-order valence-electron chi connectivity index (χ3n) is 4.54. The number of carbonyl (C=O) groups excluding carboxylic acids is 2. The predicted molar refractivity (Wildman–Crippen MR) is 104 cm³/mol. The summed E-state index contributed by atoms with van der Waals surface area (Å²) in [7, 11) is 0. The monoisotopic (exact) mass is 373 g/mol. The van der Waals surface area contributed by atoms with E-state index in [1.165, 1.54) is 0 Å². The number of rotatable bonds is 6. The van der Waals surface area contributed by atoms with Gasteiger partial charge in [-0.05, 0) is 35.2 Å². The van der Waals surface area contributed by atoms with Gasteiger partial charge in [-0.3, -0.25) is 9.59 Å². The summed E-state index contributed by atoms with van der Waals surface area (Å²) in [6, 6.07) is 15.2. The Hall–Kier alpha value is -2.37. The van der Waals surface area contributed by atoms with E-state index in [9.17, 15) is 9.59 Å². The molecule has 1 fully saturated rings. The number of hydrogen-bond acceptors (Lipinski definition) is 3. The molecule has 2 amide bonds. The van der Waals surface area contributed by atoms with Gasteiger partial charge < -0.3 is 16.0 Å². The summed E-state index contributed by atoms with van der Waals surface area (Å²) in [6.07, 6.45) is 1.56. The minimum Gasteiger partial charge on any atom is -0.348 e. The molecule has 138 valence electrons. The number of nitrogens with zero attached hydrogens (tertiary/aromatic N) is 1. The third kappa shape index (κ3) is 4.84.